The van der Waals surface area contributed by atoms with E-state index in [1.165, 1.54) is 0 Å². The minimum atomic E-state index is -1.28. The molecule has 0 fully saturated rings. The van der Waals surface area contributed by atoms with E-state index in [-0.39, 0.29) is 51.4 Å². The molecular formula is C5H9KO5. The molecule has 0 saturated carbocycles. The molecule has 0 amide bonds. The molecule has 6 heteroatoms. The SMILES string of the molecule is O=C(O)CC(O)CC(=O)O.[KH]. The standard InChI is InChI=1S/C5H8O5.K.H/c6-3(1-4(7)8)2-5(9)10;;/h3,6H,1-2H2,(H,7,8)(H,9,10);;. The van der Waals surface area contributed by atoms with Crippen molar-refractivity contribution in [2.45, 2.75) is 18.9 Å². The maximum atomic E-state index is 9.84. The molecule has 0 radical (unpaired) electrons. The molecule has 0 spiro atoms. The third-order valence-electron chi connectivity index (χ3n) is 0.820. The van der Waals surface area contributed by atoms with Crippen molar-refractivity contribution in [2.24, 2.45) is 0 Å². The van der Waals surface area contributed by atoms with Gasteiger partial charge in [-0.1, -0.05) is 0 Å². The van der Waals surface area contributed by atoms with Crippen LogP contribution >= 0.6 is 0 Å². The third-order valence-corrected chi connectivity index (χ3v) is 0.820. The van der Waals surface area contributed by atoms with Crippen molar-refractivity contribution in [1.82, 2.24) is 0 Å². The first kappa shape index (κ1) is 14.1. The van der Waals surface area contributed by atoms with Gasteiger partial charge in [0.05, 0.1) is 18.9 Å². The summed E-state index contributed by atoms with van der Waals surface area (Å²) in [7, 11) is 0. The van der Waals surface area contributed by atoms with Crippen LogP contribution in [0.5, 0.6) is 0 Å². The zero-order chi connectivity index (χ0) is 8.15. The normalized spacial score (nSPS) is 8.91. The Kier molecular flexibility index (Phi) is 9.22. The average molecular weight is 188 g/mol. The van der Waals surface area contributed by atoms with Gasteiger partial charge in [0.2, 0.25) is 0 Å². The van der Waals surface area contributed by atoms with Gasteiger partial charge in [-0.25, -0.2) is 0 Å². The number of carbonyl (C=O) groups is 2. The van der Waals surface area contributed by atoms with Gasteiger partial charge < -0.3 is 15.3 Å². The van der Waals surface area contributed by atoms with Crippen LogP contribution in [0.1, 0.15) is 12.8 Å². The Labute approximate surface area is 106 Å². The summed E-state index contributed by atoms with van der Waals surface area (Å²) in [4.78, 5) is 19.7. The Morgan fingerprint density at radius 1 is 1.09 bits per heavy atom. The fourth-order valence-corrected chi connectivity index (χ4v) is 0.475. The van der Waals surface area contributed by atoms with Crippen LogP contribution in [0.2, 0.25) is 0 Å². The predicted molar refractivity (Wildman–Crippen MR) is 37.7 cm³/mol. The van der Waals surface area contributed by atoms with E-state index in [1.54, 1.807) is 0 Å². The summed E-state index contributed by atoms with van der Waals surface area (Å²) in [5.74, 6) is -2.40. The summed E-state index contributed by atoms with van der Waals surface area (Å²) in [5.41, 5.74) is 0. The zero-order valence-corrected chi connectivity index (χ0v) is 5.15. The number of carboxylic acids is 2. The van der Waals surface area contributed by atoms with Crippen LogP contribution in [0.3, 0.4) is 0 Å². The summed E-state index contributed by atoms with van der Waals surface area (Å²) < 4.78 is 0. The van der Waals surface area contributed by atoms with Gasteiger partial charge in [0, 0.05) is 0 Å². The number of carboxylic acid groups (broad SMARTS) is 2. The Balaban J connectivity index is 0. The van der Waals surface area contributed by atoms with Gasteiger partial charge in [-0.15, -0.1) is 0 Å². The number of rotatable bonds is 4. The molecule has 0 aromatic carbocycles. The van der Waals surface area contributed by atoms with Crippen molar-refractivity contribution in [3.05, 3.63) is 0 Å². The second kappa shape index (κ2) is 7.20. The van der Waals surface area contributed by atoms with Gasteiger partial charge in [0.25, 0.3) is 0 Å². The van der Waals surface area contributed by atoms with Crippen LogP contribution in [-0.2, 0) is 9.59 Å². The van der Waals surface area contributed by atoms with Gasteiger partial charge >= 0.3 is 63.3 Å². The molecule has 0 aliphatic rings. The first-order valence-electron chi connectivity index (χ1n) is 2.64. The van der Waals surface area contributed by atoms with Crippen LogP contribution < -0.4 is 0 Å². The van der Waals surface area contributed by atoms with Crippen LogP contribution in [0.25, 0.3) is 0 Å². The first-order valence-corrected chi connectivity index (χ1v) is 2.64. The van der Waals surface area contributed by atoms with E-state index >= 15 is 0 Å². The van der Waals surface area contributed by atoms with Gasteiger partial charge in [-0.3, -0.25) is 9.59 Å². The summed E-state index contributed by atoms with van der Waals surface area (Å²) in [6.45, 7) is 0. The molecule has 0 atom stereocenters. The molecule has 0 unspecified atom stereocenters. The number of aliphatic hydroxyl groups excluding tert-OH is 1. The van der Waals surface area contributed by atoms with Crippen LogP contribution in [-0.4, -0.2) is 84.7 Å². The molecule has 0 saturated heterocycles. The molecule has 60 valence electrons. The van der Waals surface area contributed by atoms with Gasteiger partial charge in [0.1, 0.15) is 0 Å². The number of hydrogen-bond acceptors (Lipinski definition) is 3. The molecule has 0 rings (SSSR count). The summed E-state index contributed by atoms with van der Waals surface area (Å²) in [6.07, 6.45) is -2.33. The maximum absolute atomic E-state index is 9.84. The Morgan fingerprint density at radius 3 is 1.55 bits per heavy atom. The van der Waals surface area contributed by atoms with Crippen molar-refractivity contribution >= 4 is 63.3 Å². The van der Waals surface area contributed by atoms with E-state index in [0.29, 0.717) is 0 Å². The topological polar surface area (TPSA) is 94.8 Å². The fraction of sp³-hybridized carbons (Fsp3) is 0.600. The first-order chi connectivity index (χ1) is 4.52. The van der Waals surface area contributed by atoms with Gasteiger partial charge in [0.15, 0.2) is 0 Å². The van der Waals surface area contributed by atoms with Gasteiger partial charge in [-0.05, 0) is 0 Å². The number of hydrogen-bond donors (Lipinski definition) is 3. The Morgan fingerprint density at radius 2 is 1.36 bits per heavy atom. The van der Waals surface area contributed by atoms with E-state index in [9.17, 15) is 9.59 Å². The molecule has 5 nitrogen and oxygen atoms in total. The fourth-order valence-electron chi connectivity index (χ4n) is 0.475. The molecule has 0 heterocycles. The molecule has 11 heavy (non-hydrogen) atoms. The van der Waals surface area contributed by atoms with Crippen molar-refractivity contribution in [1.29, 1.82) is 0 Å². The van der Waals surface area contributed by atoms with Crippen LogP contribution in [0.15, 0.2) is 0 Å². The minimum absolute atomic E-state index is 0. The second-order valence-electron chi connectivity index (χ2n) is 1.85. The van der Waals surface area contributed by atoms with Crippen LogP contribution in [0, 0.1) is 0 Å². The van der Waals surface area contributed by atoms with Crippen LogP contribution in [0.4, 0.5) is 0 Å². The van der Waals surface area contributed by atoms with Crippen molar-refractivity contribution in [3.63, 3.8) is 0 Å². The van der Waals surface area contributed by atoms with E-state index in [0.717, 1.165) is 0 Å². The molecule has 0 aromatic rings. The average Bonchev–Trinajstić information content (AvgIpc) is 1.58. The third kappa shape index (κ3) is 10.5. The predicted octanol–water partition coefficient (Wildman–Crippen LogP) is -1.35. The molecule has 0 aromatic heterocycles. The van der Waals surface area contributed by atoms with E-state index in [4.69, 9.17) is 15.3 Å². The Bertz CT molecular complexity index is 130. The number of aliphatic carboxylic acids is 2. The van der Waals surface area contributed by atoms with Crippen molar-refractivity contribution < 1.29 is 24.9 Å². The van der Waals surface area contributed by atoms with Gasteiger partial charge in [-0.2, -0.15) is 0 Å². The molecular weight excluding hydrogens is 179 g/mol. The summed E-state index contributed by atoms with van der Waals surface area (Å²) in [5, 5.41) is 24.7. The zero-order valence-electron chi connectivity index (χ0n) is 5.15. The molecule has 0 aliphatic carbocycles. The van der Waals surface area contributed by atoms with Crippen molar-refractivity contribution in [2.75, 3.05) is 0 Å². The van der Waals surface area contributed by atoms with Crippen molar-refractivity contribution in [3.8, 4) is 0 Å². The summed E-state index contributed by atoms with van der Waals surface area (Å²) >= 11 is 0. The Hall–Kier alpha value is 0.536. The van der Waals surface area contributed by atoms with E-state index < -0.39 is 30.9 Å². The number of aliphatic hydroxyl groups is 1. The molecule has 0 aliphatic heterocycles. The quantitative estimate of drug-likeness (QED) is 0.474. The molecule has 0 bridgehead atoms. The monoisotopic (exact) mass is 188 g/mol. The van der Waals surface area contributed by atoms with E-state index in [1.807, 2.05) is 0 Å². The molecule has 3 N–H and O–H groups in total. The second-order valence-corrected chi connectivity index (χ2v) is 1.85. The summed E-state index contributed by atoms with van der Waals surface area (Å²) in [6, 6.07) is 0. The van der Waals surface area contributed by atoms with E-state index in [2.05, 4.69) is 0 Å².